The van der Waals surface area contributed by atoms with Crippen LogP contribution in [-0.2, 0) is 20.6 Å². The van der Waals surface area contributed by atoms with Crippen molar-refractivity contribution in [1.29, 1.82) is 0 Å². The van der Waals surface area contributed by atoms with Crippen LogP contribution < -0.4 is 10.9 Å². The summed E-state index contributed by atoms with van der Waals surface area (Å²) in [5.41, 5.74) is 1.46. The Bertz CT molecular complexity index is 779. The van der Waals surface area contributed by atoms with Gasteiger partial charge in [0.2, 0.25) is 0 Å². The second-order valence-corrected chi connectivity index (χ2v) is 6.41. The lowest BCUT2D eigenvalue weighted by Crippen LogP contribution is -2.47. The van der Waals surface area contributed by atoms with E-state index in [0.29, 0.717) is 5.69 Å². The van der Waals surface area contributed by atoms with E-state index >= 15 is 0 Å². The molecule has 0 radical (unpaired) electrons. The van der Waals surface area contributed by atoms with E-state index in [-0.39, 0.29) is 17.5 Å². The fourth-order valence-corrected chi connectivity index (χ4v) is 3.06. The lowest BCUT2D eigenvalue weighted by molar-refractivity contribution is 0.0895. The summed E-state index contributed by atoms with van der Waals surface area (Å²) in [6.07, 6.45) is 5.55. The van der Waals surface area contributed by atoms with Crippen molar-refractivity contribution in [3.8, 4) is 0 Å². The van der Waals surface area contributed by atoms with Gasteiger partial charge in [0.05, 0.1) is 0 Å². The van der Waals surface area contributed by atoms with Gasteiger partial charge in [-0.05, 0) is 37.1 Å². The van der Waals surface area contributed by atoms with Crippen molar-refractivity contribution in [2.45, 2.75) is 25.4 Å². The molecule has 0 saturated carbocycles. The number of aryl methyl sites for hydroxylation is 2. The van der Waals surface area contributed by atoms with Gasteiger partial charge in [0.25, 0.3) is 11.5 Å². The van der Waals surface area contributed by atoms with Gasteiger partial charge >= 0.3 is 0 Å². The van der Waals surface area contributed by atoms with Crippen molar-refractivity contribution < 1.29 is 4.79 Å². The molecule has 2 aromatic heterocycles. The molecule has 7 heteroatoms. The predicted octanol–water partition coefficient (Wildman–Crippen LogP) is 0.513. The monoisotopic (exact) mass is 329 g/mol. The molecule has 1 unspecified atom stereocenters. The number of hydrogen-bond donors (Lipinski definition) is 1. The van der Waals surface area contributed by atoms with Crippen molar-refractivity contribution in [3.05, 3.63) is 52.2 Å². The summed E-state index contributed by atoms with van der Waals surface area (Å²) in [4.78, 5) is 26.2. The molecule has 1 N–H and O–H groups in total. The highest BCUT2D eigenvalue weighted by Crippen LogP contribution is 2.13. The molecule has 1 aliphatic rings. The number of carbonyl (C=O) groups excluding carboxylic acids is 1. The van der Waals surface area contributed by atoms with Crippen LogP contribution in [0.4, 0.5) is 0 Å². The van der Waals surface area contributed by atoms with E-state index in [4.69, 9.17) is 0 Å². The minimum absolute atomic E-state index is 0.00418. The van der Waals surface area contributed by atoms with E-state index in [0.717, 1.165) is 38.0 Å². The SMILES string of the molecule is Cn1ccc(C(=O)NC2CCCN(Cc3ccn(C)c(=O)c3)C2)n1. The zero-order chi connectivity index (χ0) is 17.1. The number of carbonyl (C=O) groups is 1. The van der Waals surface area contributed by atoms with Crippen molar-refractivity contribution in [2.24, 2.45) is 14.1 Å². The summed E-state index contributed by atoms with van der Waals surface area (Å²) >= 11 is 0. The van der Waals surface area contributed by atoms with Gasteiger partial charge in [-0.3, -0.25) is 19.2 Å². The predicted molar refractivity (Wildman–Crippen MR) is 90.7 cm³/mol. The topological polar surface area (TPSA) is 72.2 Å². The maximum absolute atomic E-state index is 12.2. The summed E-state index contributed by atoms with van der Waals surface area (Å²) < 4.78 is 3.19. The minimum Gasteiger partial charge on any atom is -0.347 e. The Hall–Kier alpha value is -2.41. The standard InChI is InChI=1S/C17H23N5O2/c1-20-8-5-13(10-16(20)23)11-22-7-3-4-14(12-22)18-17(24)15-6-9-21(2)19-15/h5-6,8-10,14H,3-4,7,11-12H2,1-2H3,(H,18,24). The Balaban J connectivity index is 1.58. The molecule has 0 aromatic carbocycles. The van der Waals surface area contributed by atoms with Gasteiger partial charge in [-0.2, -0.15) is 5.10 Å². The van der Waals surface area contributed by atoms with Gasteiger partial charge in [0, 0.05) is 51.7 Å². The average molecular weight is 329 g/mol. The van der Waals surface area contributed by atoms with Gasteiger partial charge in [-0.15, -0.1) is 0 Å². The van der Waals surface area contributed by atoms with E-state index in [1.165, 1.54) is 0 Å². The fraction of sp³-hybridized carbons (Fsp3) is 0.471. The highest BCUT2D eigenvalue weighted by Gasteiger charge is 2.22. The van der Waals surface area contributed by atoms with Crippen molar-refractivity contribution in [3.63, 3.8) is 0 Å². The Morgan fingerprint density at radius 1 is 1.33 bits per heavy atom. The largest absolute Gasteiger partial charge is 0.347 e. The minimum atomic E-state index is -0.129. The van der Waals surface area contributed by atoms with E-state index in [9.17, 15) is 9.59 Å². The fourth-order valence-electron chi connectivity index (χ4n) is 3.06. The van der Waals surface area contributed by atoms with Crippen LogP contribution in [0.5, 0.6) is 0 Å². The maximum Gasteiger partial charge on any atom is 0.272 e. The lowest BCUT2D eigenvalue weighted by atomic mass is 10.0. The van der Waals surface area contributed by atoms with Gasteiger partial charge in [-0.1, -0.05) is 0 Å². The number of pyridine rings is 1. The van der Waals surface area contributed by atoms with Gasteiger partial charge in [-0.25, -0.2) is 0 Å². The number of piperidine rings is 1. The Morgan fingerprint density at radius 3 is 2.88 bits per heavy atom. The van der Waals surface area contributed by atoms with Crippen molar-refractivity contribution in [1.82, 2.24) is 24.6 Å². The first-order chi connectivity index (χ1) is 11.5. The zero-order valence-electron chi connectivity index (χ0n) is 14.1. The molecule has 24 heavy (non-hydrogen) atoms. The highest BCUT2D eigenvalue weighted by molar-refractivity contribution is 5.92. The third-order valence-electron chi connectivity index (χ3n) is 4.36. The molecular weight excluding hydrogens is 306 g/mol. The summed E-state index contributed by atoms with van der Waals surface area (Å²) in [5, 5.41) is 7.20. The van der Waals surface area contributed by atoms with Crippen LogP contribution in [0.1, 0.15) is 28.9 Å². The number of nitrogens with zero attached hydrogens (tertiary/aromatic N) is 4. The summed E-state index contributed by atoms with van der Waals surface area (Å²) in [5.74, 6) is -0.129. The molecule has 1 aliphatic heterocycles. The third-order valence-corrected chi connectivity index (χ3v) is 4.36. The van der Waals surface area contributed by atoms with E-state index < -0.39 is 0 Å². The average Bonchev–Trinajstić information content (AvgIpc) is 2.98. The molecule has 128 valence electrons. The molecule has 0 spiro atoms. The van der Waals surface area contributed by atoms with Crippen molar-refractivity contribution in [2.75, 3.05) is 13.1 Å². The number of nitrogens with one attached hydrogen (secondary N) is 1. The molecule has 3 heterocycles. The molecule has 3 rings (SSSR count). The molecule has 1 saturated heterocycles. The zero-order valence-corrected chi connectivity index (χ0v) is 14.1. The Labute approximate surface area is 140 Å². The molecular formula is C17H23N5O2. The Kier molecular flexibility index (Phi) is 4.80. The molecule has 2 aromatic rings. The van der Waals surface area contributed by atoms with E-state index in [1.54, 1.807) is 47.9 Å². The van der Waals surface area contributed by atoms with Crippen LogP contribution in [0.25, 0.3) is 0 Å². The second-order valence-electron chi connectivity index (χ2n) is 6.41. The molecule has 0 aliphatic carbocycles. The first-order valence-electron chi connectivity index (χ1n) is 8.20. The lowest BCUT2D eigenvalue weighted by Gasteiger charge is -2.33. The van der Waals surface area contributed by atoms with E-state index in [1.807, 2.05) is 6.07 Å². The normalized spacial score (nSPS) is 18.5. The second kappa shape index (κ2) is 7.00. The summed E-state index contributed by atoms with van der Waals surface area (Å²) in [6.45, 7) is 2.49. The first-order valence-corrected chi connectivity index (χ1v) is 8.20. The highest BCUT2D eigenvalue weighted by atomic mass is 16.2. The van der Waals surface area contributed by atoms with Crippen LogP contribution in [-0.4, -0.2) is 44.3 Å². The number of hydrogen-bond acceptors (Lipinski definition) is 4. The molecule has 0 bridgehead atoms. The first kappa shape index (κ1) is 16.4. The maximum atomic E-state index is 12.2. The van der Waals surface area contributed by atoms with Gasteiger partial charge in [0.1, 0.15) is 5.69 Å². The quantitative estimate of drug-likeness (QED) is 0.887. The van der Waals surface area contributed by atoms with Gasteiger partial charge < -0.3 is 9.88 Å². The van der Waals surface area contributed by atoms with Crippen LogP contribution in [0, 0.1) is 0 Å². The smallest absolute Gasteiger partial charge is 0.272 e. The van der Waals surface area contributed by atoms with E-state index in [2.05, 4.69) is 15.3 Å². The molecule has 1 atom stereocenters. The van der Waals surface area contributed by atoms with Crippen molar-refractivity contribution >= 4 is 5.91 Å². The number of aromatic nitrogens is 3. The summed E-state index contributed by atoms with van der Waals surface area (Å²) in [6, 6.07) is 5.48. The number of rotatable bonds is 4. The molecule has 1 fully saturated rings. The van der Waals surface area contributed by atoms with Crippen LogP contribution in [0.3, 0.4) is 0 Å². The Morgan fingerprint density at radius 2 is 2.17 bits per heavy atom. The molecule has 1 amide bonds. The van der Waals surface area contributed by atoms with Crippen LogP contribution >= 0.6 is 0 Å². The van der Waals surface area contributed by atoms with Gasteiger partial charge in [0.15, 0.2) is 0 Å². The number of amides is 1. The number of likely N-dealkylation sites (tertiary alicyclic amines) is 1. The summed E-state index contributed by atoms with van der Waals surface area (Å²) in [7, 11) is 3.54. The van der Waals surface area contributed by atoms with Crippen LogP contribution in [0.2, 0.25) is 0 Å². The molecule has 7 nitrogen and oxygen atoms in total. The van der Waals surface area contributed by atoms with Crippen LogP contribution in [0.15, 0.2) is 35.4 Å². The third kappa shape index (κ3) is 3.91.